The van der Waals surface area contributed by atoms with Gasteiger partial charge < -0.3 is 10.5 Å². The number of ether oxygens (including phenoxy) is 1. The van der Waals surface area contributed by atoms with E-state index in [0.717, 1.165) is 25.0 Å². The number of hydrogen-bond donors (Lipinski definition) is 1. The Balaban J connectivity index is 1.76. The Morgan fingerprint density at radius 3 is 2.84 bits per heavy atom. The van der Waals surface area contributed by atoms with Gasteiger partial charge in [-0.25, -0.2) is 8.42 Å². The highest BCUT2D eigenvalue weighted by Gasteiger charge is 2.29. The van der Waals surface area contributed by atoms with Crippen molar-refractivity contribution in [3.05, 3.63) is 29.3 Å². The minimum Gasteiger partial charge on any atom is -0.489 e. The molecule has 2 atom stereocenters. The van der Waals surface area contributed by atoms with E-state index in [1.54, 1.807) is 0 Å². The molecule has 1 aliphatic heterocycles. The second-order valence-electron chi connectivity index (χ2n) is 5.50. The van der Waals surface area contributed by atoms with Crippen LogP contribution in [0.2, 0.25) is 0 Å². The largest absolute Gasteiger partial charge is 0.489 e. The third kappa shape index (κ3) is 2.77. The fourth-order valence-corrected chi connectivity index (χ4v) is 4.54. The predicted molar refractivity (Wildman–Crippen MR) is 74.0 cm³/mol. The van der Waals surface area contributed by atoms with Crippen molar-refractivity contribution in [1.82, 2.24) is 0 Å². The molecular weight excluding hydrogens is 262 g/mol. The number of benzene rings is 1. The molecule has 1 aliphatic carbocycles. The number of rotatable bonds is 2. The minimum absolute atomic E-state index is 0.129. The Morgan fingerprint density at radius 1 is 1.26 bits per heavy atom. The molecule has 1 aromatic rings. The van der Waals surface area contributed by atoms with Gasteiger partial charge >= 0.3 is 0 Å². The van der Waals surface area contributed by atoms with Crippen LogP contribution < -0.4 is 10.5 Å². The molecular formula is C14H19NO3S. The standard InChI is InChI=1S/C14H19NO3S/c15-14-3-1-2-10-8-11(4-5-13(10)14)18-12-6-7-19(16,17)9-12/h4-5,8,12,14H,1-3,6-7,9,15H2. The van der Waals surface area contributed by atoms with E-state index in [9.17, 15) is 8.42 Å². The summed E-state index contributed by atoms with van der Waals surface area (Å²) in [7, 11) is -2.89. The fraction of sp³-hybridized carbons (Fsp3) is 0.571. The average molecular weight is 281 g/mol. The maximum atomic E-state index is 11.4. The van der Waals surface area contributed by atoms with Crippen LogP contribution in [0.4, 0.5) is 0 Å². The van der Waals surface area contributed by atoms with Crippen LogP contribution in [0.15, 0.2) is 18.2 Å². The average Bonchev–Trinajstić information content (AvgIpc) is 2.69. The van der Waals surface area contributed by atoms with Gasteiger partial charge in [0.2, 0.25) is 0 Å². The SMILES string of the molecule is NC1CCCc2cc(OC3CCS(=O)(=O)C3)ccc21. The van der Waals surface area contributed by atoms with Crippen LogP contribution in [0.1, 0.15) is 36.4 Å². The van der Waals surface area contributed by atoms with Gasteiger partial charge in [-0.1, -0.05) is 6.07 Å². The zero-order valence-electron chi connectivity index (χ0n) is 10.8. The molecule has 0 bridgehead atoms. The topological polar surface area (TPSA) is 69.4 Å². The maximum Gasteiger partial charge on any atom is 0.154 e. The van der Waals surface area contributed by atoms with Crippen LogP contribution in [0, 0.1) is 0 Å². The Morgan fingerprint density at radius 2 is 2.11 bits per heavy atom. The quantitative estimate of drug-likeness (QED) is 0.893. The molecule has 1 aromatic carbocycles. The van der Waals surface area contributed by atoms with Gasteiger partial charge in [-0.3, -0.25) is 0 Å². The summed E-state index contributed by atoms with van der Waals surface area (Å²) < 4.78 is 28.6. The van der Waals surface area contributed by atoms with Gasteiger partial charge in [-0.05, 0) is 48.9 Å². The second-order valence-corrected chi connectivity index (χ2v) is 7.73. The summed E-state index contributed by atoms with van der Waals surface area (Å²) in [6, 6.07) is 6.09. The molecule has 0 saturated carbocycles. The number of aryl methyl sites for hydroxylation is 1. The van der Waals surface area contributed by atoms with Crippen LogP contribution in [-0.4, -0.2) is 26.0 Å². The zero-order chi connectivity index (χ0) is 13.5. The lowest BCUT2D eigenvalue weighted by Gasteiger charge is -2.23. The van der Waals surface area contributed by atoms with Gasteiger partial charge in [0.05, 0.1) is 11.5 Å². The molecule has 1 heterocycles. The Bertz CT molecular complexity index is 582. The summed E-state index contributed by atoms with van der Waals surface area (Å²) in [6.45, 7) is 0. The summed E-state index contributed by atoms with van der Waals surface area (Å²) in [4.78, 5) is 0. The van der Waals surface area contributed by atoms with E-state index >= 15 is 0 Å². The zero-order valence-corrected chi connectivity index (χ0v) is 11.7. The number of fused-ring (bicyclic) bond motifs is 1. The molecule has 0 aromatic heterocycles. The van der Waals surface area contributed by atoms with Gasteiger partial charge in [0.25, 0.3) is 0 Å². The monoisotopic (exact) mass is 281 g/mol. The molecule has 0 radical (unpaired) electrons. The van der Waals surface area contributed by atoms with Crippen LogP contribution in [0.25, 0.3) is 0 Å². The molecule has 5 heteroatoms. The molecule has 0 spiro atoms. The van der Waals surface area contributed by atoms with E-state index in [1.807, 2.05) is 18.2 Å². The normalized spacial score (nSPS) is 28.9. The van der Waals surface area contributed by atoms with Gasteiger partial charge in [0, 0.05) is 6.04 Å². The summed E-state index contributed by atoms with van der Waals surface area (Å²) in [5, 5.41) is 0. The lowest BCUT2D eigenvalue weighted by molar-refractivity contribution is 0.228. The number of sulfone groups is 1. The smallest absolute Gasteiger partial charge is 0.154 e. The van der Waals surface area contributed by atoms with Crippen LogP contribution in [-0.2, 0) is 16.3 Å². The second kappa shape index (κ2) is 4.80. The molecule has 4 nitrogen and oxygen atoms in total. The van der Waals surface area contributed by atoms with Crippen molar-refractivity contribution in [2.45, 2.75) is 37.8 Å². The third-order valence-corrected chi connectivity index (χ3v) is 5.71. The maximum absolute atomic E-state index is 11.4. The first kappa shape index (κ1) is 12.9. The van der Waals surface area contributed by atoms with E-state index < -0.39 is 9.84 Å². The van der Waals surface area contributed by atoms with E-state index in [4.69, 9.17) is 10.5 Å². The van der Waals surface area contributed by atoms with Gasteiger partial charge in [-0.2, -0.15) is 0 Å². The first-order valence-electron chi connectivity index (χ1n) is 6.79. The van der Waals surface area contributed by atoms with Crippen molar-refractivity contribution in [1.29, 1.82) is 0 Å². The lowest BCUT2D eigenvalue weighted by atomic mass is 9.88. The summed E-state index contributed by atoms with van der Waals surface area (Å²) in [5.74, 6) is 1.16. The third-order valence-electron chi connectivity index (χ3n) is 3.97. The fourth-order valence-electron chi connectivity index (χ4n) is 2.95. The van der Waals surface area contributed by atoms with Gasteiger partial charge in [0.15, 0.2) is 9.84 Å². The van der Waals surface area contributed by atoms with Crippen molar-refractivity contribution >= 4 is 9.84 Å². The van der Waals surface area contributed by atoms with E-state index in [0.29, 0.717) is 6.42 Å². The summed E-state index contributed by atoms with van der Waals surface area (Å²) in [6.07, 6.45) is 3.58. The van der Waals surface area contributed by atoms with E-state index in [-0.39, 0.29) is 23.7 Å². The minimum atomic E-state index is -2.89. The van der Waals surface area contributed by atoms with Crippen molar-refractivity contribution in [2.75, 3.05) is 11.5 Å². The highest BCUT2D eigenvalue weighted by atomic mass is 32.2. The molecule has 1 fully saturated rings. The first-order valence-corrected chi connectivity index (χ1v) is 8.61. The molecule has 2 N–H and O–H groups in total. The number of hydrogen-bond acceptors (Lipinski definition) is 4. The molecule has 0 amide bonds. The molecule has 19 heavy (non-hydrogen) atoms. The molecule has 104 valence electrons. The van der Waals surface area contributed by atoms with Gasteiger partial charge in [0.1, 0.15) is 11.9 Å². The summed E-state index contributed by atoms with van der Waals surface area (Å²) >= 11 is 0. The molecule has 1 saturated heterocycles. The highest BCUT2D eigenvalue weighted by molar-refractivity contribution is 7.91. The first-order chi connectivity index (χ1) is 9.03. The van der Waals surface area contributed by atoms with Crippen LogP contribution in [0.5, 0.6) is 5.75 Å². The van der Waals surface area contributed by atoms with Crippen molar-refractivity contribution < 1.29 is 13.2 Å². The Kier molecular flexibility index (Phi) is 3.27. The Hall–Kier alpha value is -1.07. The van der Waals surface area contributed by atoms with Crippen molar-refractivity contribution in [3.8, 4) is 5.75 Å². The molecule has 3 rings (SSSR count). The summed E-state index contributed by atoms with van der Waals surface area (Å²) in [5.41, 5.74) is 8.53. The molecule has 2 aliphatic rings. The van der Waals surface area contributed by atoms with E-state index in [1.165, 1.54) is 11.1 Å². The van der Waals surface area contributed by atoms with Crippen LogP contribution in [0.3, 0.4) is 0 Å². The van der Waals surface area contributed by atoms with Crippen LogP contribution >= 0.6 is 0 Å². The van der Waals surface area contributed by atoms with Crippen molar-refractivity contribution in [3.63, 3.8) is 0 Å². The lowest BCUT2D eigenvalue weighted by Crippen LogP contribution is -2.19. The van der Waals surface area contributed by atoms with Gasteiger partial charge in [-0.15, -0.1) is 0 Å². The van der Waals surface area contributed by atoms with E-state index in [2.05, 4.69) is 0 Å². The Labute approximate surface area is 113 Å². The predicted octanol–water partition coefficient (Wildman–Crippen LogP) is 1.59. The molecule has 2 unspecified atom stereocenters. The highest BCUT2D eigenvalue weighted by Crippen LogP contribution is 2.31. The number of nitrogens with two attached hydrogens (primary N) is 1. The van der Waals surface area contributed by atoms with Crippen molar-refractivity contribution in [2.24, 2.45) is 5.73 Å².